The van der Waals surface area contributed by atoms with E-state index in [2.05, 4.69) is 56.7 Å². The Kier molecular flexibility index (Phi) is 8.64. The van der Waals surface area contributed by atoms with Gasteiger partial charge in [-0.2, -0.15) is 0 Å². The second-order valence-corrected chi connectivity index (χ2v) is 7.97. The minimum Gasteiger partial charge on any atom is -0.356 e. The van der Waals surface area contributed by atoms with Crippen LogP contribution < -0.4 is 10.6 Å². The van der Waals surface area contributed by atoms with E-state index in [9.17, 15) is 0 Å². The largest absolute Gasteiger partial charge is 0.356 e. The lowest BCUT2D eigenvalue weighted by atomic mass is 10.2. The minimum atomic E-state index is 0.487. The first-order valence-electron chi connectivity index (χ1n) is 9.38. The van der Waals surface area contributed by atoms with E-state index in [1.807, 2.05) is 7.05 Å². The minimum absolute atomic E-state index is 0.487. The number of hydrogen-bond acceptors (Lipinski definition) is 5. The zero-order valence-corrected chi connectivity index (χ0v) is 17.0. The van der Waals surface area contributed by atoms with Crippen LogP contribution in [-0.2, 0) is 6.54 Å². The summed E-state index contributed by atoms with van der Waals surface area (Å²) in [6.07, 6.45) is 2.42. The molecule has 6 nitrogen and oxygen atoms in total. The fourth-order valence-corrected chi connectivity index (χ4v) is 3.78. The Labute approximate surface area is 156 Å². The first kappa shape index (κ1) is 20.1. The second-order valence-electron chi connectivity index (χ2n) is 7.03. The van der Waals surface area contributed by atoms with Crippen LogP contribution in [0.2, 0.25) is 0 Å². The first-order valence-corrected chi connectivity index (χ1v) is 10.3. The Morgan fingerprint density at radius 2 is 2.12 bits per heavy atom. The summed E-state index contributed by atoms with van der Waals surface area (Å²) in [5.74, 6) is 1.35. The SMILES string of the molecule is CN=C(NCCCN1CCCN(C)CC1)NCc1nc(C(C)C)cs1. The molecule has 1 fully saturated rings. The van der Waals surface area contributed by atoms with Crippen LogP contribution in [0, 0.1) is 0 Å². The number of nitrogens with zero attached hydrogens (tertiary/aromatic N) is 4. The van der Waals surface area contributed by atoms with Crippen LogP contribution in [0.3, 0.4) is 0 Å². The van der Waals surface area contributed by atoms with Gasteiger partial charge in [-0.1, -0.05) is 13.8 Å². The van der Waals surface area contributed by atoms with Crippen molar-refractivity contribution in [2.24, 2.45) is 4.99 Å². The number of hydrogen-bond donors (Lipinski definition) is 2. The lowest BCUT2D eigenvalue weighted by molar-refractivity contribution is 0.274. The van der Waals surface area contributed by atoms with Crippen LogP contribution in [0.25, 0.3) is 0 Å². The maximum absolute atomic E-state index is 4.65. The Hall–Kier alpha value is -1.18. The molecule has 2 N–H and O–H groups in total. The quantitative estimate of drug-likeness (QED) is 0.439. The highest BCUT2D eigenvalue weighted by atomic mass is 32.1. The van der Waals surface area contributed by atoms with E-state index in [0.717, 1.165) is 37.0 Å². The molecule has 1 aromatic rings. The third-order valence-corrected chi connectivity index (χ3v) is 5.41. The molecule has 142 valence electrons. The molecule has 0 atom stereocenters. The summed E-state index contributed by atoms with van der Waals surface area (Å²) in [5.41, 5.74) is 1.17. The van der Waals surface area contributed by atoms with Crippen LogP contribution in [0.1, 0.15) is 43.3 Å². The van der Waals surface area contributed by atoms with Gasteiger partial charge in [-0.3, -0.25) is 4.99 Å². The molecular formula is C18H34N6S. The molecule has 0 saturated carbocycles. The van der Waals surface area contributed by atoms with Crippen molar-refractivity contribution in [3.05, 3.63) is 16.1 Å². The van der Waals surface area contributed by atoms with Gasteiger partial charge >= 0.3 is 0 Å². The molecule has 0 unspecified atom stereocenters. The van der Waals surface area contributed by atoms with E-state index >= 15 is 0 Å². The molecule has 1 aliphatic heterocycles. The molecule has 7 heteroatoms. The van der Waals surface area contributed by atoms with E-state index in [1.165, 1.54) is 38.3 Å². The van der Waals surface area contributed by atoms with E-state index in [4.69, 9.17) is 0 Å². The summed E-state index contributed by atoms with van der Waals surface area (Å²) >= 11 is 1.71. The predicted octanol–water partition coefficient (Wildman–Crippen LogP) is 1.96. The van der Waals surface area contributed by atoms with E-state index in [-0.39, 0.29) is 0 Å². The molecule has 1 saturated heterocycles. The highest BCUT2D eigenvalue weighted by Gasteiger charge is 2.11. The van der Waals surface area contributed by atoms with E-state index < -0.39 is 0 Å². The Morgan fingerprint density at radius 3 is 2.84 bits per heavy atom. The highest BCUT2D eigenvalue weighted by molar-refractivity contribution is 7.09. The van der Waals surface area contributed by atoms with Gasteiger partial charge in [0, 0.05) is 32.1 Å². The molecule has 0 aliphatic carbocycles. The van der Waals surface area contributed by atoms with E-state index in [1.54, 1.807) is 11.3 Å². The lowest BCUT2D eigenvalue weighted by Crippen LogP contribution is -2.38. The van der Waals surface area contributed by atoms with Gasteiger partial charge in [0.25, 0.3) is 0 Å². The normalized spacial score (nSPS) is 17.7. The molecule has 2 heterocycles. The smallest absolute Gasteiger partial charge is 0.191 e. The van der Waals surface area contributed by atoms with Crippen LogP contribution in [0.15, 0.2) is 10.4 Å². The number of aliphatic imine (C=N–C) groups is 1. The Morgan fingerprint density at radius 1 is 1.28 bits per heavy atom. The van der Waals surface area contributed by atoms with Gasteiger partial charge in [0.2, 0.25) is 0 Å². The monoisotopic (exact) mass is 366 g/mol. The average Bonchev–Trinajstić information content (AvgIpc) is 2.98. The van der Waals surface area contributed by atoms with Crippen molar-refractivity contribution in [2.75, 3.05) is 53.4 Å². The van der Waals surface area contributed by atoms with Gasteiger partial charge in [0.05, 0.1) is 12.2 Å². The third kappa shape index (κ3) is 7.30. The molecule has 0 bridgehead atoms. The van der Waals surface area contributed by atoms with Crippen LogP contribution in [0.5, 0.6) is 0 Å². The molecule has 1 aliphatic rings. The maximum atomic E-state index is 4.65. The van der Waals surface area contributed by atoms with E-state index in [0.29, 0.717) is 5.92 Å². The van der Waals surface area contributed by atoms with Crippen LogP contribution >= 0.6 is 11.3 Å². The summed E-state index contributed by atoms with van der Waals surface area (Å²) < 4.78 is 0. The van der Waals surface area contributed by atoms with Crippen LogP contribution in [-0.4, -0.2) is 74.1 Å². The molecular weight excluding hydrogens is 332 g/mol. The van der Waals surface area contributed by atoms with Gasteiger partial charge in [-0.15, -0.1) is 11.3 Å². The zero-order valence-electron chi connectivity index (χ0n) is 16.2. The van der Waals surface area contributed by atoms with Gasteiger partial charge in [-0.05, 0) is 45.4 Å². The van der Waals surface area contributed by atoms with Crippen molar-refractivity contribution in [3.63, 3.8) is 0 Å². The van der Waals surface area contributed by atoms with Crippen molar-refractivity contribution in [1.82, 2.24) is 25.4 Å². The number of nitrogens with one attached hydrogen (secondary N) is 2. The van der Waals surface area contributed by atoms with Crippen molar-refractivity contribution < 1.29 is 0 Å². The first-order chi connectivity index (χ1) is 12.1. The number of guanidine groups is 1. The van der Waals surface area contributed by atoms with Gasteiger partial charge in [0.15, 0.2) is 5.96 Å². The lowest BCUT2D eigenvalue weighted by Gasteiger charge is -2.20. The summed E-state index contributed by atoms with van der Waals surface area (Å²) in [5, 5.41) is 10.0. The summed E-state index contributed by atoms with van der Waals surface area (Å²) in [6, 6.07) is 0. The number of thiazole rings is 1. The molecule has 0 radical (unpaired) electrons. The van der Waals surface area contributed by atoms with Crippen molar-refractivity contribution in [2.45, 2.75) is 39.2 Å². The second kappa shape index (κ2) is 10.7. The number of rotatable bonds is 7. The molecule has 0 spiro atoms. The van der Waals surface area contributed by atoms with Crippen LogP contribution in [0.4, 0.5) is 0 Å². The zero-order chi connectivity index (χ0) is 18.1. The summed E-state index contributed by atoms with van der Waals surface area (Å²) in [6.45, 7) is 12.0. The standard InChI is InChI=1S/C18H34N6S/c1-15(2)16-14-25-17(22-16)13-21-18(19-3)20-7-5-9-24-10-6-8-23(4)11-12-24/h14-15H,5-13H2,1-4H3,(H2,19,20,21). The molecule has 0 amide bonds. The third-order valence-electron chi connectivity index (χ3n) is 4.55. The summed E-state index contributed by atoms with van der Waals surface area (Å²) in [4.78, 5) is 14.0. The Bertz CT molecular complexity index is 527. The van der Waals surface area contributed by atoms with Gasteiger partial charge < -0.3 is 20.4 Å². The van der Waals surface area contributed by atoms with Gasteiger partial charge in [-0.25, -0.2) is 4.98 Å². The van der Waals surface area contributed by atoms with Gasteiger partial charge in [0.1, 0.15) is 5.01 Å². The molecule has 2 rings (SSSR count). The highest BCUT2D eigenvalue weighted by Crippen LogP contribution is 2.17. The Balaban J connectivity index is 1.63. The number of likely N-dealkylation sites (N-methyl/N-ethyl adjacent to an activating group) is 1. The molecule has 0 aromatic carbocycles. The predicted molar refractivity (Wildman–Crippen MR) is 108 cm³/mol. The maximum Gasteiger partial charge on any atom is 0.191 e. The molecule has 1 aromatic heterocycles. The topological polar surface area (TPSA) is 55.8 Å². The van der Waals surface area contributed by atoms with Crippen molar-refractivity contribution in [1.29, 1.82) is 0 Å². The fraction of sp³-hybridized carbons (Fsp3) is 0.778. The molecule has 25 heavy (non-hydrogen) atoms. The number of aromatic nitrogens is 1. The van der Waals surface area contributed by atoms with Crippen molar-refractivity contribution >= 4 is 17.3 Å². The average molecular weight is 367 g/mol. The fourth-order valence-electron chi connectivity index (χ4n) is 2.88. The summed E-state index contributed by atoms with van der Waals surface area (Å²) in [7, 11) is 4.04. The van der Waals surface area contributed by atoms with Crippen molar-refractivity contribution in [3.8, 4) is 0 Å².